The molecule has 2 heterocycles. The normalized spacial score (nSPS) is 20.0. The summed E-state index contributed by atoms with van der Waals surface area (Å²) in [5.74, 6) is 0.842. The first-order chi connectivity index (χ1) is 13.5. The molecule has 1 radical (unpaired) electrons. The van der Waals surface area contributed by atoms with E-state index < -0.39 is 17.1 Å². The zero-order chi connectivity index (χ0) is 19.5. The molecule has 0 fully saturated rings. The van der Waals surface area contributed by atoms with Crippen molar-refractivity contribution in [2.75, 3.05) is 5.32 Å². The van der Waals surface area contributed by atoms with Gasteiger partial charge in [0.05, 0.1) is 5.69 Å². The van der Waals surface area contributed by atoms with E-state index in [9.17, 15) is 8.76 Å². The molecule has 5 rings (SSSR count). The number of anilines is 1. The minimum Gasteiger partial charge on any atom is -0.768 e. The van der Waals surface area contributed by atoms with E-state index in [2.05, 4.69) is 22.1 Å². The van der Waals surface area contributed by atoms with Crippen molar-refractivity contribution in [2.45, 2.75) is 17.9 Å². The molecule has 9 heteroatoms. The van der Waals surface area contributed by atoms with Gasteiger partial charge in [-0.15, -0.1) is 5.11 Å². The maximum Gasteiger partial charge on any atom is 0.468 e. The number of ether oxygens (including phenoxy) is 2. The number of benzene rings is 3. The standard InChI is InChI=1S/C20H15N3O4S.Y/c1-11-9-13-5-3-4-6-16(13)19-18(11)22-23-20(27-19)21-17-10-14(28(24)25)7-8-15(17)12(2)26-20;/h3-10,21H,2H2,1H3,(H,24,25);/p-1. The van der Waals surface area contributed by atoms with E-state index >= 15 is 0 Å². The van der Waals surface area contributed by atoms with Crippen LogP contribution in [0.15, 0.2) is 70.2 Å². The van der Waals surface area contributed by atoms with Crippen molar-refractivity contribution in [3.8, 4) is 5.75 Å². The summed E-state index contributed by atoms with van der Waals surface area (Å²) >= 11 is -2.37. The van der Waals surface area contributed by atoms with Crippen LogP contribution in [0.5, 0.6) is 5.75 Å². The van der Waals surface area contributed by atoms with Gasteiger partial charge in [-0.25, -0.2) is 0 Å². The van der Waals surface area contributed by atoms with Crippen molar-refractivity contribution in [1.82, 2.24) is 0 Å². The second-order valence-electron chi connectivity index (χ2n) is 6.57. The SMILES string of the molecule is C=C1OC2(N=Nc3c(C)cc4ccccc4c3O2)Nc2cc(S(=O)[O-])ccc21.[Y]. The van der Waals surface area contributed by atoms with Crippen LogP contribution >= 0.6 is 0 Å². The van der Waals surface area contributed by atoms with Gasteiger partial charge in [0.25, 0.3) is 0 Å². The molecule has 0 bridgehead atoms. The Morgan fingerprint density at radius 3 is 2.76 bits per heavy atom. The molecule has 1 spiro atoms. The molecule has 1 N–H and O–H groups in total. The molecule has 143 valence electrons. The fourth-order valence-corrected chi connectivity index (χ4v) is 3.82. The first-order valence-corrected chi connectivity index (χ1v) is 9.57. The molecular formula is C20H14N3O4SY-. The van der Waals surface area contributed by atoms with Gasteiger partial charge < -0.3 is 14.0 Å². The summed E-state index contributed by atoms with van der Waals surface area (Å²) in [6.45, 7) is 5.85. The number of hydrogen-bond donors (Lipinski definition) is 1. The van der Waals surface area contributed by atoms with Crippen LogP contribution in [0.2, 0.25) is 0 Å². The fraction of sp³-hybridized carbons (Fsp3) is 0.100. The molecule has 0 aromatic heterocycles. The van der Waals surface area contributed by atoms with Crippen molar-refractivity contribution in [3.63, 3.8) is 0 Å². The van der Waals surface area contributed by atoms with Crippen molar-refractivity contribution in [3.05, 3.63) is 66.2 Å². The first kappa shape index (κ1) is 20.2. The zero-order valence-electron chi connectivity index (χ0n) is 15.3. The van der Waals surface area contributed by atoms with E-state index in [4.69, 9.17) is 9.47 Å². The van der Waals surface area contributed by atoms with Crippen LogP contribution in [0.4, 0.5) is 11.4 Å². The van der Waals surface area contributed by atoms with Gasteiger partial charge >= 0.3 is 6.03 Å². The number of rotatable bonds is 1. The molecule has 2 aliphatic rings. The van der Waals surface area contributed by atoms with Crippen LogP contribution in [0, 0.1) is 6.92 Å². The number of azo groups is 1. The third kappa shape index (κ3) is 3.30. The van der Waals surface area contributed by atoms with Crippen molar-refractivity contribution >= 4 is 39.0 Å². The molecule has 7 nitrogen and oxygen atoms in total. The Kier molecular flexibility index (Phi) is 5.06. The van der Waals surface area contributed by atoms with Gasteiger partial charge in [0.1, 0.15) is 11.4 Å². The minimum absolute atomic E-state index is 0. The monoisotopic (exact) mass is 481 g/mol. The summed E-state index contributed by atoms with van der Waals surface area (Å²) in [5, 5.41) is 13.4. The van der Waals surface area contributed by atoms with Gasteiger partial charge in [-0.3, -0.25) is 9.53 Å². The van der Waals surface area contributed by atoms with Gasteiger partial charge in [0.2, 0.25) is 0 Å². The second kappa shape index (κ2) is 7.29. The molecule has 2 aliphatic heterocycles. The van der Waals surface area contributed by atoms with Gasteiger partial charge in [0.15, 0.2) is 5.75 Å². The van der Waals surface area contributed by atoms with Gasteiger partial charge in [0, 0.05) is 48.6 Å². The Hall–Kier alpha value is -2.13. The summed E-state index contributed by atoms with van der Waals surface area (Å²) in [7, 11) is 0. The molecule has 0 aliphatic carbocycles. The third-order valence-electron chi connectivity index (χ3n) is 4.73. The fourth-order valence-electron chi connectivity index (χ4n) is 3.42. The summed E-state index contributed by atoms with van der Waals surface area (Å²) in [5.41, 5.74) is 2.66. The maximum absolute atomic E-state index is 11.3. The first-order valence-electron chi connectivity index (χ1n) is 8.50. The molecule has 0 saturated heterocycles. The van der Waals surface area contributed by atoms with Gasteiger partial charge in [-0.2, -0.15) is 0 Å². The van der Waals surface area contributed by atoms with Crippen LogP contribution in [0.3, 0.4) is 0 Å². The van der Waals surface area contributed by atoms with Crippen LogP contribution in [0.1, 0.15) is 11.1 Å². The Labute approximate surface area is 194 Å². The average Bonchev–Trinajstić information content (AvgIpc) is 2.67. The van der Waals surface area contributed by atoms with Crippen molar-refractivity contribution in [2.24, 2.45) is 10.2 Å². The molecule has 3 aromatic rings. The Morgan fingerprint density at radius 1 is 1.17 bits per heavy atom. The second-order valence-corrected chi connectivity index (χ2v) is 7.51. The smallest absolute Gasteiger partial charge is 0.468 e. The van der Waals surface area contributed by atoms with E-state index in [0.29, 0.717) is 28.4 Å². The number of nitrogens with one attached hydrogen (secondary N) is 1. The van der Waals surface area contributed by atoms with Crippen LogP contribution in [-0.2, 0) is 48.5 Å². The average molecular weight is 481 g/mol. The van der Waals surface area contributed by atoms with Crippen LogP contribution in [-0.4, -0.2) is 14.8 Å². The quantitative estimate of drug-likeness (QED) is 0.514. The number of aryl methyl sites for hydroxylation is 1. The maximum atomic E-state index is 11.3. The van der Waals surface area contributed by atoms with E-state index in [1.54, 1.807) is 6.07 Å². The molecule has 29 heavy (non-hydrogen) atoms. The number of fused-ring (bicyclic) bond motifs is 4. The topological polar surface area (TPSA) is 95.3 Å². The minimum atomic E-state index is -2.37. The van der Waals surface area contributed by atoms with Crippen molar-refractivity contribution < 1.29 is 50.9 Å². The number of nitrogens with zero attached hydrogens (tertiary/aromatic N) is 2. The summed E-state index contributed by atoms with van der Waals surface area (Å²) in [6.07, 6.45) is 0. The summed E-state index contributed by atoms with van der Waals surface area (Å²) < 4.78 is 34.7. The van der Waals surface area contributed by atoms with E-state index in [1.165, 1.54) is 12.1 Å². The van der Waals surface area contributed by atoms with Crippen LogP contribution in [0.25, 0.3) is 16.5 Å². The molecule has 0 saturated carbocycles. The summed E-state index contributed by atoms with van der Waals surface area (Å²) in [4.78, 5) is 0.130. The van der Waals surface area contributed by atoms with E-state index in [0.717, 1.165) is 16.3 Å². The van der Waals surface area contributed by atoms with Gasteiger partial charge in [-0.1, -0.05) is 36.0 Å². The van der Waals surface area contributed by atoms with Crippen molar-refractivity contribution in [1.29, 1.82) is 0 Å². The van der Waals surface area contributed by atoms with Crippen LogP contribution < -0.4 is 10.1 Å². The Morgan fingerprint density at radius 2 is 1.97 bits per heavy atom. The predicted molar refractivity (Wildman–Crippen MR) is 104 cm³/mol. The third-order valence-corrected chi connectivity index (χ3v) is 5.36. The zero-order valence-corrected chi connectivity index (χ0v) is 19.0. The Balaban J connectivity index is 0.00000205. The molecule has 2 unspecified atom stereocenters. The molecular weight excluding hydrogens is 467 g/mol. The molecule has 0 amide bonds. The van der Waals surface area contributed by atoms with E-state index in [1.807, 2.05) is 37.3 Å². The Bertz CT molecular complexity index is 1230. The predicted octanol–water partition coefficient (Wildman–Crippen LogP) is 4.58. The molecule has 3 aromatic carbocycles. The molecule has 2 atom stereocenters. The van der Waals surface area contributed by atoms with E-state index in [-0.39, 0.29) is 37.6 Å². The summed E-state index contributed by atoms with van der Waals surface area (Å²) in [6, 6.07) is 12.7. The number of hydrogen-bond acceptors (Lipinski definition) is 7. The van der Waals surface area contributed by atoms with Gasteiger partial charge in [-0.05, 0) is 53.2 Å². The largest absolute Gasteiger partial charge is 0.768 e.